The molecule has 0 saturated heterocycles. The number of hydrogen-bond acceptors (Lipinski definition) is 4. The summed E-state index contributed by atoms with van der Waals surface area (Å²) in [5, 5.41) is 0. The van der Waals surface area contributed by atoms with E-state index in [9.17, 15) is 9.59 Å². The summed E-state index contributed by atoms with van der Waals surface area (Å²) >= 11 is 0. The second-order valence-electron chi connectivity index (χ2n) is 6.10. The molecule has 0 aromatic heterocycles. The maximum absolute atomic E-state index is 12.1. The van der Waals surface area contributed by atoms with Crippen molar-refractivity contribution in [3.05, 3.63) is 23.0 Å². The summed E-state index contributed by atoms with van der Waals surface area (Å²) < 4.78 is 10.5. The van der Waals surface area contributed by atoms with E-state index in [4.69, 9.17) is 9.47 Å². The summed E-state index contributed by atoms with van der Waals surface area (Å²) in [6.07, 6.45) is 2.14. The van der Waals surface area contributed by atoms with Crippen LogP contribution in [-0.2, 0) is 19.1 Å². The maximum Gasteiger partial charge on any atom is 0.307 e. The van der Waals surface area contributed by atoms with Crippen LogP contribution in [0.1, 0.15) is 40.5 Å². The number of fused-ring (bicyclic) bond motifs is 1. The standard InChI is InChI=1S/C15H20O4/c1-9-11(6-14(17)19-15(2,3)4)13(16)5-10-7-18-8-12(9)10/h7,11H,5-6,8H2,1-4H3. The number of rotatable bonds is 2. The van der Waals surface area contributed by atoms with Gasteiger partial charge in [-0.1, -0.05) is 5.57 Å². The number of carbonyl (C=O) groups is 2. The number of allylic oxidation sites excluding steroid dienone is 1. The van der Waals surface area contributed by atoms with Gasteiger partial charge in [-0.25, -0.2) is 0 Å². The molecule has 0 fully saturated rings. The lowest BCUT2D eigenvalue weighted by molar-refractivity contribution is -0.156. The molecule has 4 nitrogen and oxygen atoms in total. The van der Waals surface area contributed by atoms with Crippen molar-refractivity contribution in [3.8, 4) is 0 Å². The van der Waals surface area contributed by atoms with Crippen molar-refractivity contribution in [2.24, 2.45) is 5.92 Å². The van der Waals surface area contributed by atoms with E-state index in [1.165, 1.54) is 0 Å². The molecule has 0 amide bonds. The summed E-state index contributed by atoms with van der Waals surface area (Å²) in [6.45, 7) is 7.89. The van der Waals surface area contributed by atoms with Gasteiger partial charge in [0.15, 0.2) is 0 Å². The molecule has 0 aromatic carbocycles. The molecule has 0 radical (unpaired) electrons. The predicted molar refractivity (Wildman–Crippen MR) is 70.3 cm³/mol. The minimum absolute atomic E-state index is 0.0730. The minimum Gasteiger partial charge on any atom is -0.496 e. The first-order valence-corrected chi connectivity index (χ1v) is 6.53. The van der Waals surface area contributed by atoms with Crippen LogP contribution in [0.3, 0.4) is 0 Å². The average molecular weight is 264 g/mol. The molecule has 104 valence electrons. The van der Waals surface area contributed by atoms with Crippen LogP contribution in [0.15, 0.2) is 23.0 Å². The van der Waals surface area contributed by atoms with Crippen LogP contribution in [0, 0.1) is 5.92 Å². The van der Waals surface area contributed by atoms with Gasteiger partial charge in [0.2, 0.25) is 0 Å². The lowest BCUT2D eigenvalue weighted by Crippen LogP contribution is -2.30. The van der Waals surface area contributed by atoms with Crippen molar-refractivity contribution in [2.45, 2.75) is 46.1 Å². The summed E-state index contributed by atoms with van der Waals surface area (Å²) in [7, 11) is 0. The Balaban J connectivity index is 2.12. The van der Waals surface area contributed by atoms with Crippen molar-refractivity contribution < 1.29 is 19.1 Å². The highest BCUT2D eigenvalue weighted by Gasteiger charge is 2.34. The first kappa shape index (κ1) is 13.8. The minimum atomic E-state index is -0.516. The monoisotopic (exact) mass is 264 g/mol. The molecule has 19 heavy (non-hydrogen) atoms. The highest BCUT2D eigenvalue weighted by atomic mass is 16.6. The van der Waals surface area contributed by atoms with Gasteiger partial charge in [-0.3, -0.25) is 9.59 Å². The summed E-state index contributed by atoms with van der Waals surface area (Å²) in [5.74, 6) is -0.607. The van der Waals surface area contributed by atoms with E-state index in [1.807, 2.05) is 27.7 Å². The number of carbonyl (C=O) groups excluding carboxylic acids is 2. The Labute approximate surface area is 113 Å². The van der Waals surface area contributed by atoms with Crippen molar-refractivity contribution in [2.75, 3.05) is 6.61 Å². The first-order valence-electron chi connectivity index (χ1n) is 6.53. The molecule has 0 spiro atoms. The van der Waals surface area contributed by atoms with E-state index >= 15 is 0 Å². The van der Waals surface area contributed by atoms with Crippen LogP contribution in [0.25, 0.3) is 0 Å². The normalized spacial score (nSPS) is 22.8. The van der Waals surface area contributed by atoms with Crippen molar-refractivity contribution >= 4 is 11.8 Å². The zero-order valence-corrected chi connectivity index (χ0v) is 11.9. The Morgan fingerprint density at radius 3 is 2.79 bits per heavy atom. The SMILES string of the molecule is CC1=C2COC=C2CC(=O)C1CC(=O)OC(C)(C)C. The van der Waals surface area contributed by atoms with Crippen LogP contribution < -0.4 is 0 Å². The van der Waals surface area contributed by atoms with Crippen LogP contribution in [-0.4, -0.2) is 24.0 Å². The highest BCUT2D eigenvalue weighted by molar-refractivity contribution is 5.92. The van der Waals surface area contributed by atoms with Crippen molar-refractivity contribution in [3.63, 3.8) is 0 Å². The lowest BCUT2D eigenvalue weighted by Gasteiger charge is -2.26. The fourth-order valence-corrected chi connectivity index (χ4v) is 2.48. The molecule has 2 rings (SSSR count). The van der Waals surface area contributed by atoms with E-state index in [2.05, 4.69) is 0 Å². The molecule has 0 bridgehead atoms. The van der Waals surface area contributed by atoms with Crippen LogP contribution in [0.2, 0.25) is 0 Å². The summed E-state index contributed by atoms with van der Waals surface area (Å²) in [6, 6.07) is 0. The summed E-state index contributed by atoms with van der Waals surface area (Å²) in [4.78, 5) is 24.0. The smallest absolute Gasteiger partial charge is 0.307 e. The third-order valence-corrected chi connectivity index (χ3v) is 3.38. The second-order valence-corrected chi connectivity index (χ2v) is 6.10. The Kier molecular flexibility index (Phi) is 3.52. The first-order chi connectivity index (χ1) is 8.78. The van der Waals surface area contributed by atoms with E-state index < -0.39 is 5.60 Å². The fraction of sp³-hybridized carbons (Fsp3) is 0.600. The molecular weight excluding hydrogens is 244 g/mol. The lowest BCUT2D eigenvalue weighted by atomic mass is 9.79. The highest BCUT2D eigenvalue weighted by Crippen LogP contribution is 2.36. The number of ketones is 1. The van der Waals surface area contributed by atoms with E-state index in [0.29, 0.717) is 13.0 Å². The molecule has 1 aliphatic carbocycles. The third kappa shape index (κ3) is 3.06. The third-order valence-electron chi connectivity index (χ3n) is 3.38. The number of hydrogen-bond donors (Lipinski definition) is 0. The van der Waals surface area contributed by atoms with E-state index in [1.54, 1.807) is 6.26 Å². The fourth-order valence-electron chi connectivity index (χ4n) is 2.48. The molecule has 4 heteroatoms. The molecule has 1 unspecified atom stereocenters. The van der Waals surface area contributed by atoms with E-state index in [-0.39, 0.29) is 24.1 Å². The predicted octanol–water partition coefficient (Wildman–Crippen LogP) is 2.54. The Morgan fingerprint density at radius 1 is 1.47 bits per heavy atom. The molecule has 0 N–H and O–H groups in total. The van der Waals surface area contributed by atoms with Gasteiger partial charge in [0.25, 0.3) is 0 Å². The topological polar surface area (TPSA) is 52.6 Å². The average Bonchev–Trinajstić information content (AvgIpc) is 2.69. The van der Waals surface area contributed by atoms with Crippen LogP contribution >= 0.6 is 0 Å². The molecule has 2 aliphatic rings. The van der Waals surface area contributed by atoms with Gasteiger partial charge in [-0.15, -0.1) is 0 Å². The zero-order valence-electron chi connectivity index (χ0n) is 11.9. The number of esters is 1. The van der Waals surface area contributed by atoms with Gasteiger partial charge in [-0.05, 0) is 33.3 Å². The molecular formula is C15H20O4. The molecule has 1 heterocycles. The zero-order chi connectivity index (χ0) is 14.2. The van der Waals surface area contributed by atoms with Gasteiger partial charge in [0, 0.05) is 17.9 Å². The van der Waals surface area contributed by atoms with Gasteiger partial charge in [0.1, 0.15) is 18.0 Å². The summed E-state index contributed by atoms with van der Waals surface area (Å²) in [5.41, 5.74) is 2.47. The van der Waals surface area contributed by atoms with Crippen LogP contribution in [0.4, 0.5) is 0 Å². The maximum atomic E-state index is 12.1. The van der Waals surface area contributed by atoms with Crippen molar-refractivity contribution in [1.29, 1.82) is 0 Å². The molecule has 0 aromatic rings. The van der Waals surface area contributed by atoms with Gasteiger partial charge >= 0.3 is 5.97 Å². The quantitative estimate of drug-likeness (QED) is 0.719. The molecule has 1 atom stereocenters. The Morgan fingerprint density at radius 2 is 2.16 bits per heavy atom. The number of ether oxygens (including phenoxy) is 2. The largest absolute Gasteiger partial charge is 0.496 e. The molecule has 0 saturated carbocycles. The van der Waals surface area contributed by atoms with Gasteiger partial charge < -0.3 is 9.47 Å². The molecule has 1 aliphatic heterocycles. The Bertz CT molecular complexity index is 477. The number of Topliss-reactive ketones (excluding diaryl/α,β-unsaturated/α-hetero) is 1. The van der Waals surface area contributed by atoms with Crippen LogP contribution in [0.5, 0.6) is 0 Å². The Hall–Kier alpha value is -1.58. The second kappa shape index (κ2) is 4.83. The van der Waals surface area contributed by atoms with Crippen molar-refractivity contribution in [1.82, 2.24) is 0 Å². The van der Waals surface area contributed by atoms with Gasteiger partial charge in [-0.2, -0.15) is 0 Å². The van der Waals surface area contributed by atoms with E-state index in [0.717, 1.165) is 16.7 Å². The van der Waals surface area contributed by atoms with Gasteiger partial charge in [0.05, 0.1) is 12.7 Å².